The number of aliphatic hydroxyl groups excluding tert-OH is 1. The van der Waals surface area contributed by atoms with E-state index in [0.717, 1.165) is 25.1 Å². The smallest absolute Gasteiger partial charge is 0.242 e. The predicted molar refractivity (Wildman–Crippen MR) is 96.9 cm³/mol. The summed E-state index contributed by atoms with van der Waals surface area (Å²) in [6, 6.07) is 9.61. The quantitative estimate of drug-likeness (QED) is 0.773. The van der Waals surface area contributed by atoms with Crippen LogP contribution >= 0.6 is 0 Å². The van der Waals surface area contributed by atoms with Crippen LogP contribution in [0, 0.1) is 5.92 Å². The number of rotatable bonds is 7. The monoisotopic (exact) mass is 347 g/mol. The number of aliphatic hydroxyl groups is 1. The molecule has 2 unspecified atom stereocenters. The molecule has 138 valence electrons. The van der Waals surface area contributed by atoms with Crippen molar-refractivity contribution >= 4 is 11.8 Å². The number of piperazine rings is 1. The minimum absolute atomic E-state index is 0.0417. The lowest BCUT2D eigenvalue weighted by Gasteiger charge is -2.35. The van der Waals surface area contributed by atoms with Crippen LogP contribution in [-0.2, 0) is 9.59 Å². The second kappa shape index (κ2) is 9.53. The van der Waals surface area contributed by atoms with Crippen molar-refractivity contribution < 1.29 is 14.7 Å². The van der Waals surface area contributed by atoms with Crippen LogP contribution in [0.15, 0.2) is 30.3 Å². The van der Waals surface area contributed by atoms with Crippen molar-refractivity contribution in [3.63, 3.8) is 0 Å². The summed E-state index contributed by atoms with van der Waals surface area (Å²) in [6.07, 6.45) is 0.251. The van der Waals surface area contributed by atoms with Crippen LogP contribution in [0.5, 0.6) is 0 Å². The Labute approximate surface area is 149 Å². The Kier molecular flexibility index (Phi) is 7.40. The van der Waals surface area contributed by atoms with Gasteiger partial charge in [-0.25, -0.2) is 0 Å². The minimum atomic E-state index is -0.515. The molecule has 0 radical (unpaired) electrons. The normalized spacial score (nSPS) is 17.8. The SMILES string of the molecule is CCC(C)C(=O)NCC(=O)N1CCN(CC(O)c2ccccc2)CC1. The largest absolute Gasteiger partial charge is 0.387 e. The summed E-state index contributed by atoms with van der Waals surface area (Å²) in [7, 11) is 0. The summed E-state index contributed by atoms with van der Waals surface area (Å²) in [4.78, 5) is 27.9. The fourth-order valence-electron chi connectivity index (χ4n) is 2.84. The molecule has 25 heavy (non-hydrogen) atoms. The summed E-state index contributed by atoms with van der Waals surface area (Å²) in [6.45, 7) is 7.15. The summed E-state index contributed by atoms with van der Waals surface area (Å²) in [5, 5.41) is 13.0. The van der Waals surface area contributed by atoms with E-state index >= 15 is 0 Å². The number of β-amino-alcohol motifs (C(OH)–C–C–N with tert-alkyl or cyclic N) is 1. The van der Waals surface area contributed by atoms with Gasteiger partial charge in [-0.15, -0.1) is 0 Å². The molecule has 2 N–H and O–H groups in total. The zero-order chi connectivity index (χ0) is 18.2. The number of carbonyl (C=O) groups is 2. The summed E-state index contributed by atoms with van der Waals surface area (Å²) >= 11 is 0. The fourth-order valence-corrected chi connectivity index (χ4v) is 2.84. The molecule has 1 heterocycles. The second-order valence-electron chi connectivity index (χ2n) is 6.63. The standard InChI is InChI=1S/C19H29N3O3/c1-3-15(2)19(25)20-13-18(24)22-11-9-21(10-12-22)14-17(23)16-7-5-4-6-8-16/h4-8,15,17,23H,3,9-14H2,1-2H3,(H,20,25). The molecule has 1 saturated heterocycles. The fraction of sp³-hybridized carbons (Fsp3) is 0.579. The maximum Gasteiger partial charge on any atom is 0.242 e. The van der Waals surface area contributed by atoms with E-state index in [0.29, 0.717) is 19.6 Å². The molecule has 0 bridgehead atoms. The van der Waals surface area contributed by atoms with Gasteiger partial charge < -0.3 is 15.3 Å². The van der Waals surface area contributed by atoms with E-state index in [1.807, 2.05) is 44.2 Å². The zero-order valence-electron chi connectivity index (χ0n) is 15.1. The highest BCUT2D eigenvalue weighted by Crippen LogP contribution is 2.15. The Balaban J connectivity index is 1.72. The van der Waals surface area contributed by atoms with Gasteiger partial charge in [0.25, 0.3) is 0 Å². The van der Waals surface area contributed by atoms with Gasteiger partial charge in [0.1, 0.15) is 0 Å². The van der Waals surface area contributed by atoms with Gasteiger partial charge in [-0.2, -0.15) is 0 Å². The highest BCUT2D eigenvalue weighted by Gasteiger charge is 2.23. The molecule has 1 fully saturated rings. The van der Waals surface area contributed by atoms with Gasteiger partial charge in [0.15, 0.2) is 0 Å². The first-order valence-electron chi connectivity index (χ1n) is 9.02. The van der Waals surface area contributed by atoms with E-state index in [2.05, 4.69) is 10.2 Å². The highest BCUT2D eigenvalue weighted by molar-refractivity contribution is 5.85. The van der Waals surface area contributed by atoms with Gasteiger partial charge in [-0.1, -0.05) is 44.2 Å². The minimum Gasteiger partial charge on any atom is -0.387 e. The van der Waals surface area contributed by atoms with Gasteiger partial charge in [0, 0.05) is 38.6 Å². The molecule has 0 aromatic heterocycles. The number of hydrogen-bond donors (Lipinski definition) is 2. The first-order chi connectivity index (χ1) is 12.0. The van der Waals surface area contributed by atoms with Crippen LogP contribution in [-0.4, -0.2) is 66.0 Å². The molecule has 6 nitrogen and oxygen atoms in total. The van der Waals surface area contributed by atoms with Crippen LogP contribution in [0.2, 0.25) is 0 Å². The van der Waals surface area contributed by atoms with Crippen molar-refractivity contribution in [2.75, 3.05) is 39.3 Å². The molecule has 2 rings (SSSR count). The van der Waals surface area contributed by atoms with Gasteiger partial charge >= 0.3 is 0 Å². The van der Waals surface area contributed by atoms with E-state index in [-0.39, 0.29) is 24.3 Å². The molecule has 0 spiro atoms. The number of hydrogen-bond acceptors (Lipinski definition) is 4. The zero-order valence-corrected chi connectivity index (χ0v) is 15.1. The van der Waals surface area contributed by atoms with Crippen molar-refractivity contribution in [2.45, 2.75) is 26.4 Å². The molecular weight excluding hydrogens is 318 g/mol. The molecule has 6 heteroatoms. The third-order valence-corrected chi connectivity index (χ3v) is 4.81. The maximum atomic E-state index is 12.2. The molecule has 1 aromatic carbocycles. The third kappa shape index (κ3) is 5.83. The van der Waals surface area contributed by atoms with Crippen LogP contribution < -0.4 is 5.32 Å². The Hall–Kier alpha value is -1.92. The van der Waals surface area contributed by atoms with Crippen molar-refractivity contribution in [1.82, 2.24) is 15.1 Å². The summed E-state index contributed by atoms with van der Waals surface area (Å²) in [5.74, 6) is -0.176. The first kappa shape index (κ1) is 19.4. The van der Waals surface area contributed by atoms with Gasteiger partial charge in [0.05, 0.1) is 12.6 Å². The van der Waals surface area contributed by atoms with Crippen molar-refractivity contribution in [2.24, 2.45) is 5.92 Å². The molecule has 0 aliphatic carbocycles. The summed E-state index contributed by atoms with van der Waals surface area (Å²) < 4.78 is 0. The molecular formula is C19H29N3O3. The molecule has 2 amide bonds. The predicted octanol–water partition coefficient (Wildman–Crippen LogP) is 1.03. The topological polar surface area (TPSA) is 72.9 Å². The first-order valence-corrected chi connectivity index (χ1v) is 9.02. The maximum absolute atomic E-state index is 12.2. The number of carbonyl (C=O) groups excluding carboxylic acids is 2. The molecule has 1 aromatic rings. The molecule has 0 saturated carbocycles. The van der Waals surface area contributed by atoms with Crippen LogP contribution in [0.3, 0.4) is 0 Å². The van der Waals surface area contributed by atoms with E-state index < -0.39 is 6.10 Å². The van der Waals surface area contributed by atoms with Crippen molar-refractivity contribution in [3.05, 3.63) is 35.9 Å². The van der Waals surface area contributed by atoms with Gasteiger partial charge in [0.2, 0.25) is 11.8 Å². The molecule has 1 aliphatic rings. The van der Waals surface area contributed by atoms with E-state index in [1.54, 1.807) is 4.90 Å². The molecule has 2 atom stereocenters. The Morgan fingerprint density at radius 2 is 1.80 bits per heavy atom. The van der Waals surface area contributed by atoms with E-state index in [4.69, 9.17) is 0 Å². The van der Waals surface area contributed by atoms with Gasteiger partial charge in [-0.3, -0.25) is 14.5 Å². The van der Waals surface area contributed by atoms with E-state index in [9.17, 15) is 14.7 Å². The third-order valence-electron chi connectivity index (χ3n) is 4.81. The average molecular weight is 347 g/mol. The number of nitrogens with one attached hydrogen (secondary N) is 1. The lowest BCUT2D eigenvalue weighted by atomic mass is 10.1. The Bertz CT molecular complexity index is 556. The lowest BCUT2D eigenvalue weighted by molar-refractivity contribution is -0.135. The Morgan fingerprint density at radius 1 is 1.16 bits per heavy atom. The van der Waals surface area contributed by atoms with Gasteiger partial charge in [-0.05, 0) is 12.0 Å². The average Bonchev–Trinajstić information content (AvgIpc) is 2.66. The van der Waals surface area contributed by atoms with Crippen molar-refractivity contribution in [1.29, 1.82) is 0 Å². The molecule has 1 aliphatic heterocycles. The number of nitrogens with zero attached hydrogens (tertiary/aromatic N) is 2. The number of benzene rings is 1. The van der Waals surface area contributed by atoms with Crippen LogP contribution in [0.25, 0.3) is 0 Å². The number of amides is 2. The van der Waals surface area contributed by atoms with Crippen LogP contribution in [0.1, 0.15) is 31.9 Å². The lowest BCUT2D eigenvalue weighted by Crippen LogP contribution is -2.52. The van der Waals surface area contributed by atoms with Crippen molar-refractivity contribution in [3.8, 4) is 0 Å². The highest BCUT2D eigenvalue weighted by atomic mass is 16.3. The van der Waals surface area contributed by atoms with E-state index in [1.165, 1.54) is 0 Å². The second-order valence-corrected chi connectivity index (χ2v) is 6.63. The van der Waals surface area contributed by atoms with Crippen LogP contribution in [0.4, 0.5) is 0 Å². The Morgan fingerprint density at radius 3 is 2.40 bits per heavy atom. The summed E-state index contributed by atoms with van der Waals surface area (Å²) in [5.41, 5.74) is 0.911.